The molecule has 0 amide bonds. The number of ether oxygens (including phenoxy) is 3. The quantitative estimate of drug-likeness (QED) is 0.642. The van der Waals surface area contributed by atoms with Gasteiger partial charge in [-0.1, -0.05) is 38.0 Å². The molecule has 0 unspecified atom stereocenters. The zero-order chi connectivity index (χ0) is 20.8. The van der Waals surface area contributed by atoms with Crippen LogP contribution >= 0.6 is 0 Å². The summed E-state index contributed by atoms with van der Waals surface area (Å²) in [6, 6.07) is 15.0. The van der Waals surface area contributed by atoms with E-state index in [2.05, 4.69) is 48.3 Å². The lowest BCUT2D eigenvalue weighted by atomic mass is 9.79. The number of hydrogen-bond acceptors (Lipinski definition) is 5. The molecule has 0 saturated heterocycles. The van der Waals surface area contributed by atoms with Crippen molar-refractivity contribution in [2.24, 2.45) is 11.0 Å². The van der Waals surface area contributed by atoms with Crippen molar-refractivity contribution in [1.29, 1.82) is 0 Å². The van der Waals surface area contributed by atoms with Gasteiger partial charge in [0.25, 0.3) is 0 Å². The molecule has 5 nitrogen and oxygen atoms in total. The summed E-state index contributed by atoms with van der Waals surface area (Å²) in [5.74, 6) is 3.50. The van der Waals surface area contributed by atoms with Gasteiger partial charge in [-0.05, 0) is 43.0 Å². The molecule has 0 aromatic heterocycles. The van der Waals surface area contributed by atoms with Crippen molar-refractivity contribution in [1.82, 2.24) is 5.01 Å². The smallest absolute Gasteiger partial charge is 0.198 e. The minimum Gasteiger partial charge on any atom is -0.486 e. The molecule has 0 N–H and O–H groups in total. The number of para-hydroxylation sites is 1. The van der Waals surface area contributed by atoms with Crippen molar-refractivity contribution in [3.8, 4) is 17.2 Å². The predicted octanol–water partition coefficient (Wildman–Crippen LogP) is 5.69. The molecule has 1 fully saturated rings. The van der Waals surface area contributed by atoms with Gasteiger partial charge in [-0.2, -0.15) is 5.10 Å². The van der Waals surface area contributed by atoms with E-state index in [0.29, 0.717) is 13.2 Å². The van der Waals surface area contributed by atoms with E-state index in [0.717, 1.165) is 53.7 Å². The number of nitrogens with zero attached hydrogens (tertiary/aromatic N) is 2. The highest BCUT2D eigenvalue weighted by molar-refractivity contribution is 6.02. The molecule has 1 saturated carbocycles. The fourth-order valence-corrected chi connectivity index (χ4v) is 5.78. The first-order valence-electron chi connectivity index (χ1n) is 11.8. The molecule has 31 heavy (non-hydrogen) atoms. The van der Waals surface area contributed by atoms with Crippen LogP contribution in [0.4, 0.5) is 0 Å². The number of fused-ring (bicyclic) bond motifs is 5. The van der Waals surface area contributed by atoms with Crippen molar-refractivity contribution in [2.45, 2.75) is 63.6 Å². The molecule has 2 aromatic rings. The fourth-order valence-electron chi connectivity index (χ4n) is 5.78. The van der Waals surface area contributed by atoms with Gasteiger partial charge in [-0.15, -0.1) is 0 Å². The third-order valence-corrected chi connectivity index (χ3v) is 7.36. The molecule has 162 valence electrons. The summed E-state index contributed by atoms with van der Waals surface area (Å²) in [4.78, 5) is 0. The lowest BCUT2D eigenvalue weighted by Crippen LogP contribution is -2.55. The summed E-state index contributed by atoms with van der Waals surface area (Å²) < 4.78 is 18.3. The van der Waals surface area contributed by atoms with E-state index in [1.54, 1.807) is 0 Å². The van der Waals surface area contributed by atoms with E-state index in [1.165, 1.54) is 31.2 Å². The molecule has 2 aromatic carbocycles. The van der Waals surface area contributed by atoms with Crippen LogP contribution in [0.15, 0.2) is 47.6 Å². The fraction of sp³-hybridized carbons (Fsp3) is 0.500. The maximum atomic E-state index is 6.75. The van der Waals surface area contributed by atoms with Gasteiger partial charge < -0.3 is 14.2 Å². The second-order valence-electron chi connectivity index (χ2n) is 9.29. The molecular formula is C26H30N2O3. The molecule has 1 spiro atoms. The molecule has 0 bridgehead atoms. The first-order valence-corrected chi connectivity index (χ1v) is 11.8. The Morgan fingerprint density at radius 2 is 1.81 bits per heavy atom. The largest absolute Gasteiger partial charge is 0.486 e. The lowest BCUT2D eigenvalue weighted by Gasteiger charge is -2.50. The number of hydrazone groups is 1. The van der Waals surface area contributed by atoms with Crippen LogP contribution in [-0.4, -0.2) is 29.7 Å². The van der Waals surface area contributed by atoms with Crippen LogP contribution in [-0.2, 0) is 0 Å². The minimum atomic E-state index is -0.321. The van der Waals surface area contributed by atoms with Gasteiger partial charge in [-0.3, -0.25) is 0 Å². The summed E-state index contributed by atoms with van der Waals surface area (Å²) >= 11 is 0. The first kappa shape index (κ1) is 19.0. The maximum Gasteiger partial charge on any atom is 0.198 e. The minimum absolute atomic E-state index is 0.232. The van der Waals surface area contributed by atoms with Gasteiger partial charge in [0.1, 0.15) is 19.0 Å². The van der Waals surface area contributed by atoms with Gasteiger partial charge >= 0.3 is 0 Å². The number of benzene rings is 2. The Morgan fingerprint density at radius 1 is 1.00 bits per heavy atom. The Bertz CT molecular complexity index is 1010. The Balaban J connectivity index is 1.36. The number of rotatable bonds is 3. The topological polar surface area (TPSA) is 43.3 Å². The van der Waals surface area contributed by atoms with Crippen LogP contribution in [0.3, 0.4) is 0 Å². The molecule has 3 aliphatic heterocycles. The van der Waals surface area contributed by atoms with E-state index >= 15 is 0 Å². The van der Waals surface area contributed by atoms with E-state index < -0.39 is 0 Å². The summed E-state index contributed by atoms with van der Waals surface area (Å²) in [6.45, 7) is 3.50. The van der Waals surface area contributed by atoms with Crippen LogP contribution < -0.4 is 14.2 Å². The third-order valence-electron chi connectivity index (χ3n) is 7.36. The second-order valence-corrected chi connectivity index (χ2v) is 9.29. The zero-order valence-corrected chi connectivity index (χ0v) is 18.2. The van der Waals surface area contributed by atoms with E-state index in [-0.39, 0.29) is 11.8 Å². The van der Waals surface area contributed by atoms with Crippen LogP contribution in [0, 0.1) is 5.92 Å². The van der Waals surface area contributed by atoms with Gasteiger partial charge in [0.2, 0.25) is 0 Å². The van der Waals surface area contributed by atoms with Gasteiger partial charge in [0.15, 0.2) is 17.2 Å². The van der Waals surface area contributed by atoms with E-state index in [4.69, 9.17) is 19.3 Å². The Hall–Kier alpha value is -2.69. The standard InChI is InChI=1S/C26H30N2O3/c1-2-5-18-10-12-26(13-11-18)28-22(20-6-3-4-7-23(20)31-26)17-21(27-28)19-8-9-24-25(16-19)30-15-14-29-24/h3-4,6-9,16,18,22H,2,5,10-15,17H2,1H3/t18?,22-,26?/m1/s1. The van der Waals surface area contributed by atoms with E-state index in [9.17, 15) is 0 Å². The SMILES string of the molecule is CCCC1CCC2(CC1)Oc1ccccc1[C@H]1CC(c3ccc4c(c3)OCCO4)=NN12. The normalized spacial score (nSPS) is 28.5. The first-order chi connectivity index (χ1) is 15.3. The van der Waals surface area contributed by atoms with Crippen LogP contribution in [0.2, 0.25) is 0 Å². The van der Waals surface area contributed by atoms with Crippen LogP contribution in [0.25, 0.3) is 0 Å². The zero-order valence-electron chi connectivity index (χ0n) is 18.2. The molecule has 0 radical (unpaired) electrons. The monoisotopic (exact) mass is 418 g/mol. The van der Waals surface area contributed by atoms with Crippen molar-refractivity contribution in [2.75, 3.05) is 13.2 Å². The summed E-state index contributed by atoms with van der Waals surface area (Å²) in [7, 11) is 0. The van der Waals surface area contributed by atoms with Gasteiger partial charge in [0.05, 0.1) is 11.8 Å². The highest BCUT2D eigenvalue weighted by Crippen LogP contribution is 2.52. The molecule has 5 heteroatoms. The molecule has 4 aliphatic rings. The average molecular weight is 419 g/mol. The van der Waals surface area contributed by atoms with Gasteiger partial charge in [0, 0.05) is 30.4 Å². The van der Waals surface area contributed by atoms with E-state index in [1.807, 2.05) is 6.07 Å². The Labute approximate surface area is 184 Å². The molecule has 1 aliphatic carbocycles. The van der Waals surface area contributed by atoms with Gasteiger partial charge in [-0.25, -0.2) is 5.01 Å². The maximum absolute atomic E-state index is 6.75. The van der Waals surface area contributed by atoms with Crippen LogP contribution in [0.5, 0.6) is 17.2 Å². The summed E-state index contributed by atoms with van der Waals surface area (Å²) in [5, 5.41) is 7.51. The van der Waals surface area contributed by atoms with Crippen molar-refractivity contribution >= 4 is 5.71 Å². The van der Waals surface area contributed by atoms with Crippen molar-refractivity contribution in [3.63, 3.8) is 0 Å². The van der Waals surface area contributed by atoms with Crippen molar-refractivity contribution < 1.29 is 14.2 Å². The highest BCUT2D eigenvalue weighted by Gasteiger charge is 2.51. The number of hydrogen-bond donors (Lipinski definition) is 0. The van der Waals surface area contributed by atoms with Crippen LogP contribution in [0.1, 0.15) is 69.0 Å². The highest BCUT2D eigenvalue weighted by atomic mass is 16.6. The lowest BCUT2D eigenvalue weighted by molar-refractivity contribution is -0.146. The molecule has 3 heterocycles. The van der Waals surface area contributed by atoms with Crippen molar-refractivity contribution in [3.05, 3.63) is 53.6 Å². The third kappa shape index (κ3) is 3.17. The second kappa shape index (κ2) is 7.47. The molecule has 1 atom stereocenters. The Morgan fingerprint density at radius 3 is 2.65 bits per heavy atom. The molecule has 6 rings (SSSR count). The summed E-state index contributed by atoms with van der Waals surface area (Å²) in [6.07, 6.45) is 7.99. The molecular weight excluding hydrogens is 388 g/mol. The predicted molar refractivity (Wildman–Crippen MR) is 120 cm³/mol. The average Bonchev–Trinajstić information content (AvgIpc) is 3.28. The Kier molecular flexibility index (Phi) is 4.58. The summed E-state index contributed by atoms with van der Waals surface area (Å²) in [5.41, 5.74) is 3.15.